The Kier molecular flexibility index (Phi) is 5.48. The number of para-hydroxylation sites is 1. The molecular weight excluding hydrogens is 440 g/mol. The van der Waals surface area contributed by atoms with E-state index in [0.717, 1.165) is 12.1 Å². The number of halogens is 1. The van der Waals surface area contributed by atoms with Crippen LogP contribution in [0.4, 0.5) is 11.6 Å². The van der Waals surface area contributed by atoms with Crippen LogP contribution in [0, 0.1) is 17.8 Å². The van der Waals surface area contributed by atoms with Gasteiger partial charge in [0.05, 0.1) is 22.2 Å². The van der Waals surface area contributed by atoms with E-state index in [4.69, 9.17) is 17.3 Å². The summed E-state index contributed by atoms with van der Waals surface area (Å²) in [6, 6.07) is 9.70. The summed E-state index contributed by atoms with van der Waals surface area (Å²) in [4.78, 5) is 35.2. The van der Waals surface area contributed by atoms with Gasteiger partial charge in [-0.05, 0) is 30.5 Å². The molecule has 0 spiro atoms. The summed E-state index contributed by atoms with van der Waals surface area (Å²) in [5.74, 6) is 5.88. The zero-order valence-corrected chi connectivity index (χ0v) is 18.5. The monoisotopic (exact) mass is 460 g/mol. The molecule has 0 aliphatic carbocycles. The maximum atomic E-state index is 13.2. The molecule has 5 rings (SSSR count). The molecule has 1 saturated heterocycles. The van der Waals surface area contributed by atoms with Crippen LogP contribution in [0.2, 0.25) is 5.02 Å². The van der Waals surface area contributed by atoms with Crippen LogP contribution in [0.15, 0.2) is 53.7 Å². The fourth-order valence-electron chi connectivity index (χ4n) is 4.21. The summed E-state index contributed by atoms with van der Waals surface area (Å²) in [5.41, 5.74) is 8.09. The van der Waals surface area contributed by atoms with Gasteiger partial charge < -0.3 is 10.6 Å². The van der Waals surface area contributed by atoms with E-state index >= 15 is 0 Å². The van der Waals surface area contributed by atoms with Gasteiger partial charge in [0.2, 0.25) is 11.9 Å². The van der Waals surface area contributed by atoms with Gasteiger partial charge in [-0.1, -0.05) is 41.6 Å². The van der Waals surface area contributed by atoms with Gasteiger partial charge in [-0.15, -0.1) is 0 Å². The van der Waals surface area contributed by atoms with Crippen molar-refractivity contribution in [2.24, 2.45) is 11.7 Å². The average Bonchev–Trinajstić information content (AvgIpc) is 3.48. The second-order valence-corrected chi connectivity index (χ2v) is 8.45. The summed E-state index contributed by atoms with van der Waals surface area (Å²) >= 11 is 6.32. The fourth-order valence-corrected chi connectivity index (χ4v) is 4.39. The molecule has 0 saturated carbocycles. The molecule has 1 fully saturated rings. The number of nitrogens with two attached hydrogens (primary N) is 1. The zero-order chi connectivity index (χ0) is 22.9. The van der Waals surface area contributed by atoms with Crippen molar-refractivity contribution in [1.29, 1.82) is 0 Å². The molecule has 1 aromatic carbocycles. The first-order valence-corrected chi connectivity index (χ1v) is 11.0. The van der Waals surface area contributed by atoms with Gasteiger partial charge in [-0.2, -0.15) is 0 Å². The van der Waals surface area contributed by atoms with Gasteiger partial charge in [0.1, 0.15) is 5.56 Å². The van der Waals surface area contributed by atoms with Gasteiger partial charge in [0, 0.05) is 38.2 Å². The fraction of sp³-hybridized carbons (Fsp3) is 0.250. The standard InChI is InChI=1S/C24H21ClN6O2/c25-20-9-12-31(30-11-8-17-3-1-2-4-21(17)30)23(33)19(20)6-5-16-13-27-24(28-14-16)29-10-7-18(15-29)22(26)32/h1-4,9,12-14,18H,7-8,10-11,15H2,(H2,26,32)/t18-/m0/s1. The molecule has 33 heavy (non-hydrogen) atoms. The molecule has 4 heterocycles. The lowest BCUT2D eigenvalue weighted by Gasteiger charge is -2.22. The summed E-state index contributed by atoms with van der Waals surface area (Å²) in [5, 5.41) is 2.23. The van der Waals surface area contributed by atoms with Crippen molar-refractivity contribution < 1.29 is 4.79 Å². The number of rotatable bonds is 3. The normalized spacial score (nSPS) is 16.9. The Bertz CT molecular complexity index is 1340. The van der Waals surface area contributed by atoms with Crippen molar-refractivity contribution in [2.75, 3.05) is 29.5 Å². The van der Waals surface area contributed by atoms with Gasteiger partial charge in [-0.25, -0.2) is 14.6 Å². The predicted molar refractivity (Wildman–Crippen MR) is 126 cm³/mol. The van der Waals surface area contributed by atoms with Crippen LogP contribution >= 0.6 is 11.6 Å². The molecule has 0 radical (unpaired) electrons. The molecule has 8 nitrogen and oxygen atoms in total. The maximum absolute atomic E-state index is 13.2. The van der Waals surface area contributed by atoms with E-state index in [2.05, 4.69) is 27.9 Å². The Morgan fingerprint density at radius 1 is 1.12 bits per heavy atom. The maximum Gasteiger partial charge on any atom is 0.286 e. The lowest BCUT2D eigenvalue weighted by atomic mass is 10.1. The predicted octanol–water partition coefficient (Wildman–Crippen LogP) is 1.83. The summed E-state index contributed by atoms with van der Waals surface area (Å²) in [7, 11) is 0. The first-order valence-electron chi connectivity index (χ1n) is 10.7. The number of benzene rings is 1. The molecule has 0 bridgehead atoms. The Morgan fingerprint density at radius 2 is 1.91 bits per heavy atom. The molecular formula is C24H21ClN6O2. The van der Waals surface area contributed by atoms with Gasteiger partial charge in [0.15, 0.2) is 0 Å². The summed E-state index contributed by atoms with van der Waals surface area (Å²) in [6.07, 6.45) is 6.43. The molecule has 2 aromatic heterocycles. The topological polar surface area (TPSA) is 97.4 Å². The Morgan fingerprint density at radius 3 is 2.67 bits per heavy atom. The average molecular weight is 461 g/mol. The van der Waals surface area contributed by atoms with E-state index < -0.39 is 0 Å². The van der Waals surface area contributed by atoms with Crippen LogP contribution in [-0.4, -0.2) is 40.2 Å². The van der Waals surface area contributed by atoms with E-state index in [1.54, 1.807) is 29.3 Å². The van der Waals surface area contributed by atoms with E-state index in [1.807, 2.05) is 28.1 Å². The largest absolute Gasteiger partial charge is 0.369 e. The van der Waals surface area contributed by atoms with E-state index in [1.165, 1.54) is 5.56 Å². The first kappa shape index (κ1) is 21.0. The third kappa shape index (κ3) is 4.03. The number of pyridine rings is 1. The smallest absolute Gasteiger partial charge is 0.286 e. The van der Waals surface area contributed by atoms with Gasteiger partial charge >= 0.3 is 0 Å². The van der Waals surface area contributed by atoms with Crippen LogP contribution in [-0.2, 0) is 11.2 Å². The quantitative estimate of drug-likeness (QED) is 0.599. The number of amides is 1. The first-order chi connectivity index (χ1) is 16.0. The van der Waals surface area contributed by atoms with Crippen LogP contribution in [0.1, 0.15) is 23.1 Å². The second-order valence-electron chi connectivity index (χ2n) is 8.05. The highest BCUT2D eigenvalue weighted by Gasteiger charge is 2.28. The molecule has 166 valence electrons. The summed E-state index contributed by atoms with van der Waals surface area (Å²) in [6.45, 7) is 1.90. The molecule has 2 aliphatic rings. The summed E-state index contributed by atoms with van der Waals surface area (Å²) < 4.78 is 1.56. The lowest BCUT2D eigenvalue weighted by Crippen LogP contribution is -2.38. The number of nitrogens with zero attached hydrogens (tertiary/aromatic N) is 5. The molecule has 1 amide bonds. The highest BCUT2D eigenvalue weighted by atomic mass is 35.5. The Hall–Kier alpha value is -3.83. The minimum atomic E-state index is -0.303. The molecule has 3 aromatic rings. The third-order valence-corrected chi connectivity index (χ3v) is 6.30. The van der Waals surface area contributed by atoms with Crippen molar-refractivity contribution in [3.05, 3.63) is 81.0 Å². The molecule has 0 unspecified atom stereocenters. The number of aromatic nitrogens is 3. The number of primary amides is 1. The van der Waals surface area contributed by atoms with Crippen molar-refractivity contribution in [3.63, 3.8) is 0 Å². The van der Waals surface area contributed by atoms with Crippen molar-refractivity contribution in [2.45, 2.75) is 12.8 Å². The SMILES string of the molecule is NC(=O)[C@H]1CCN(c2ncc(C#Cc3c(Cl)ccn(N4CCc5ccccc54)c3=O)cn2)C1. The van der Waals surface area contributed by atoms with Crippen LogP contribution in [0.5, 0.6) is 0 Å². The molecule has 9 heteroatoms. The lowest BCUT2D eigenvalue weighted by molar-refractivity contribution is -0.121. The number of carbonyl (C=O) groups is 1. The van der Waals surface area contributed by atoms with Crippen molar-refractivity contribution >= 4 is 29.1 Å². The van der Waals surface area contributed by atoms with E-state index in [0.29, 0.717) is 42.6 Å². The van der Waals surface area contributed by atoms with Gasteiger partial charge in [-0.3, -0.25) is 14.6 Å². The number of fused-ring (bicyclic) bond motifs is 1. The third-order valence-electron chi connectivity index (χ3n) is 5.99. The molecule has 1 atom stereocenters. The van der Waals surface area contributed by atoms with Crippen LogP contribution in [0.3, 0.4) is 0 Å². The minimum absolute atomic E-state index is 0.182. The van der Waals surface area contributed by atoms with Crippen LogP contribution < -0.4 is 21.2 Å². The Labute approximate surface area is 195 Å². The number of hydrogen-bond acceptors (Lipinski definition) is 6. The van der Waals surface area contributed by atoms with Crippen molar-refractivity contribution in [1.82, 2.24) is 14.6 Å². The highest BCUT2D eigenvalue weighted by Crippen LogP contribution is 2.27. The number of carbonyl (C=O) groups excluding carboxylic acids is 1. The van der Waals surface area contributed by atoms with Crippen LogP contribution in [0.25, 0.3) is 0 Å². The Balaban J connectivity index is 1.39. The molecule has 2 N–H and O–H groups in total. The van der Waals surface area contributed by atoms with E-state index in [-0.39, 0.29) is 22.9 Å². The molecule has 2 aliphatic heterocycles. The van der Waals surface area contributed by atoms with Gasteiger partial charge in [0.25, 0.3) is 5.56 Å². The zero-order valence-electron chi connectivity index (χ0n) is 17.7. The second kappa shape index (κ2) is 8.60. The van der Waals surface area contributed by atoms with Crippen molar-refractivity contribution in [3.8, 4) is 11.8 Å². The number of hydrogen-bond donors (Lipinski definition) is 1. The van der Waals surface area contributed by atoms with E-state index in [9.17, 15) is 9.59 Å². The number of anilines is 2. The highest BCUT2D eigenvalue weighted by molar-refractivity contribution is 6.31. The minimum Gasteiger partial charge on any atom is -0.369 e.